The molecule has 1 atom stereocenters. The summed E-state index contributed by atoms with van der Waals surface area (Å²) in [4.78, 5) is 4.53. The maximum absolute atomic E-state index is 5.87. The molecule has 1 unspecified atom stereocenters. The van der Waals surface area contributed by atoms with Gasteiger partial charge in [0.1, 0.15) is 0 Å². The van der Waals surface area contributed by atoms with Gasteiger partial charge in [0.2, 0.25) is 0 Å². The van der Waals surface area contributed by atoms with Gasteiger partial charge in [0.15, 0.2) is 0 Å². The molecule has 3 heteroatoms. The van der Waals surface area contributed by atoms with Crippen molar-refractivity contribution < 1.29 is 0 Å². The lowest BCUT2D eigenvalue weighted by Gasteiger charge is -2.20. The number of nitrogens with zero attached hydrogens (tertiary/aromatic N) is 1. The van der Waals surface area contributed by atoms with E-state index in [4.69, 9.17) is 11.6 Å². The van der Waals surface area contributed by atoms with Crippen molar-refractivity contribution in [2.75, 3.05) is 5.88 Å². The van der Waals surface area contributed by atoms with Crippen LogP contribution in [-0.2, 0) is 6.42 Å². The van der Waals surface area contributed by atoms with Gasteiger partial charge in [-0.15, -0.1) is 24.0 Å². The molecule has 0 aliphatic carbocycles. The molecule has 1 aromatic carbocycles. The van der Waals surface area contributed by atoms with Crippen molar-refractivity contribution in [1.82, 2.24) is 0 Å². The first kappa shape index (κ1) is 11.5. The van der Waals surface area contributed by atoms with Crippen molar-refractivity contribution >= 4 is 29.7 Å². The minimum absolute atomic E-state index is 0. The Kier molecular flexibility index (Phi) is 3.97. The van der Waals surface area contributed by atoms with E-state index in [0.29, 0.717) is 5.88 Å². The zero-order valence-electron chi connectivity index (χ0n) is 8.03. The van der Waals surface area contributed by atoms with Gasteiger partial charge < -0.3 is 0 Å². The highest BCUT2D eigenvalue weighted by atomic mass is 35.5. The van der Waals surface area contributed by atoms with E-state index < -0.39 is 0 Å². The lowest BCUT2D eigenvalue weighted by molar-refractivity contribution is 0.792. The fourth-order valence-corrected chi connectivity index (χ4v) is 2.03. The van der Waals surface area contributed by atoms with Crippen LogP contribution in [-0.4, -0.2) is 11.6 Å². The summed E-state index contributed by atoms with van der Waals surface area (Å²) in [6.07, 6.45) is 0.976. The second-order valence-corrected chi connectivity index (χ2v) is 3.72. The minimum atomic E-state index is 0. The van der Waals surface area contributed by atoms with Gasteiger partial charge in [0.05, 0.1) is 6.04 Å². The van der Waals surface area contributed by atoms with E-state index in [2.05, 4.69) is 36.2 Å². The molecule has 0 saturated heterocycles. The standard InChI is InChI=1S/C11H12ClN.ClH/c1-8-6-9-4-2-3-5-10(9)11(7-12)13-8;/h2-5,11H,6-7H2,1H3;1H. The smallest absolute Gasteiger partial charge is 0.0886 e. The summed E-state index contributed by atoms with van der Waals surface area (Å²) in [6, 6.07) is 8.58. The molecule has 1 heterocycles. The molecule has 1 aromatic rings. The molecular weight excluding hydrogens is 217 g/mol. The highest BCUT2D eigenvalue weighted by Crippen LogP contribution is 2.27. The second kappa shape index (κ2) is 4.81. The fourth-order valence-electron chi connectivity index (χ4n) is 1.79. The Balaban J connectivity index is 0.000000980. The summed E-state index contributed by atoms with van der Waals surface area (Å²) < 4.78 is 0. The monoisotopic (exact) mass is 229 g/mol. The SMILES string of the molecule is CC1=NC(CCl)c2ccccc2C1.Cl. The van der Waals surface area contributed by atoms with E-state index >= 15 is 0 Å². The predicted octanol–water partition coefficient (Wildman–Crippen LogP) is 3.41. The molecule has 1 aliphatic heterocycles. The highest BCUT2D eigenvalue weighted by Gasteiger charge is 2.17. The molecule has 76 valence electrons. The van der Waals surface area contributed by atoms with Crippen molar-refractivity contribution in [3.63, 3.8) is 0 Å². The van der Waals surface area contributed by atoms with Crippen LogP contribution in [0.15, 0.2) is 29.3 Å². The van der Waals surface area contributed by atoms with Gasteiger partial charge in [0.25, 0.3) is 0 Å². The van der Waals surface area contributed by atoms with E-state index in [-0.39, 0.29) is 18.4 Å². The fraction of sp³-hybridized carbons (Fsp3) is 0.364. The number of alkyl halides is 1. The molecule has 0 N–H and O–H groups in total. The highest BCUT2D eigenvalue weighted by molar-refractivity contribution is 6.18. The Morgan fingerprint density at radius 3 is 2.86 bits per heavy atom. The molecule has 1 nitrogen and oxygen atoms in total. The first-order valence-electron chi connectivity index (χ1n) is 4.48. The van der Waals surface area contributed by atoms with E-state index in [0.717, 1.165) is 6.42 Å². The summed E-state index contributed by atoms with van der Waals surface area (Å²) in [7, 11) is 0. The molecule has 14 heavy (non-hydrogen) atoms. The maximum Gasteiger partial charge on any atom is 0.0886 e. The second-order valence-electron chi connectivity index (χ2n) is 3.41. The topological polar surface area (TPSA) is 12.4 Å². The van der Waals surface area contributed by atoms with Crippen molar-refractivity contribution in [2.45, 2.75) is 19.4 Å². The van der Waals surface area contributed by atoms with Crippen LogP contribution in [0.1, 0.15) is 24.1 Å². The summed E-state index contributed by atoms with van der Waals surface area (Å²) >= 11 is 5.87. The van der Waals surface area contributed by atoms with Gasteiger partial charge in [-0.25, -0.2) is 0 Å². The van der Waals surface area contributed by atoms with Crippen LogP contribution in [0.4, 0.5) is 0 Å². The quantitative estimate of drug-likeness (QED) is 0.655. The average Bonchev–Trinajstić information content (AvgIpc) is 2.16. The molecule has 0 spiro atoms. The lowest BCUT2D eigenvalue weighted by atomic mass is 9.94. The molecule has 2 rings (SSSR count). The maximum atomic E-state index is 5.87. The number of halogens is 2. The largest absolute Gasteiger partial charge is 0.285 e. The Bertz CT molecular complexity index is 347. The molecule has 0 saturated carbocycles. The molecule has 0 bridgehead atoms. The average molecular weight is 230 g/mol. The summed E-state index contributed by atoms with van der Waals surface area (Å²) in [5.74, 6) is 0.578. The summed E-state index contributed by atoms with van der Waals surface area (Å²) in [6.45, 7) is 2.06. The number of fused-ring (bicyclic) bond motifs is 1. The van der Waals surface area contributed by atoms with Gasteiger partial charge in [0, 0.05) is 18.0 Å². The number of rotatable bonds is 1. The van der Waals surface area contributed by atoms with Crippen LogP contribution in [0, 0.1) is 0 Å². The van der Waals surface area contributed by atoms with Crippen LogP contribution in [0.5, 0.6) is 0 Å². The lowest BCUT2D eigenvalue weighted by Crippen LogP contribution is -2.13. The Hall–Kier alpha value is -0.530. The first-order chi connectivity index (χ1) is 6.31. The first-order valence-corrected chi connectivity index (χ1v) is 5.01. The minimum Gasteiger partial charge on any atom is -0.285 e. The van der Waals surface area contributed by atoms with Crippen molar-refractivity contribution in [2.24, 2.45) is 4.99 Å². The van der Waals surface area contributed by atoms with Crippen LogP contribution >= 0.6 is 24.0 Å². The Morgan fingerprint density at radius 1 is 1.43 bits per heavy atom. The van der Waals surface area contributed by atoms with Gasteiger partial charge in [-0.1, -0.05) is 24.3 Å². The zero-order valence-corrected chi connectivity index (χ0v) is 9.61. The van der Waals surface area contributed by atoms with Crippen LogP contribution in [0.25, 0.3) is 0 Å². The predicted molar refractivity (Wildman–Crippen MR) is 64.0 cm³/mol. The van der Waals surface area contributed by atoms with Crippen molar-refractivity contribution in [3.8, 4) is 0 Å². The summed E-state index contributed by atoms with van der Waals surface area (Å²) in [5.41, 5.74) is 3.85. The van der Waals surface area contributed by atoms with Gasteiger partial charge >= 0.3 is 0 Å². The van der Waals surface area contributed by atoms with Crippen LogP contribution in [0.2, 0.25) is 0 Å². The molecule has 0 aromatic heterocycles. The third-order valence-electron chi connectivity index (χ3n) is 2.38. The van der Waals surface area contributed by atoms with Crippen molar-refractivity contribution in [1.29, 1.82) is 0 Å². The van der Waals surface area contributed by atoms with E-state index in [9.17, 15) is 0 Å². The summed E-state index contributed by atoms with van der Waals surface area (Å²) in [5, 5.41) is 0. The van der Waals surface area contributed by atoms with Gasteiger partial charge in [-0.2, -0.15) is 0 Å². The van der Waals surface area contributed by atoms with Crippen LogP contribution < -0.4 is 0 Å². The van der Waals surface area contributed by atoms with E-state index in [1.807, 2.05) is 0 Å². The molecular formula is C11H13Cl2N. The molecule has 1 aliphatic rings. The molecule has 0 radical (unpaired) electrons. The van der Waals surface area contributed by atoms with Gasteiger partial charge in [-0.05, 0) is 18.1 Å². The normalized spacial score (nSPS) is 19.3. The van der Waals surface area contributed by atoms with E-state index in [1.165, 1.54) is 16.8 Å². The number of aliphatic imine (C=N–C) groups is 1. The number of benzene rings is 1. The van der Waals surface area contributed by atoms with Crippen molar-refractivity contribution in [3.05, 3.63) is 35.4 Å². The number of hydrogen-bond acceptors (Lipinski definition) is 1. The third-order valence-corrected chi connectivity index (χ3v) is 2.68. The molecule has 0 amide bonds. The Morgan fingerprint density at radius 2 is 2.14 bits per heavy atom. The molecule has 0 fully saturated rings. The number of hydrogen-bond donors (Lipinski definition) is 0. The van der Waals surface area contributed by atoms with E-state index in [1.54, 1.807) is 0 Å². The zero-order chi connectivity index (χ0) is 9.26. The van der Waals surface area contributed by atoms with Crippen LogP contribution in [0.3, 0.4) is 0 Å². The van der Waals surface area contributed by atoms with Gasteiger partial charge in [-0.3, -0.25) is 4.99 Å². The third kappa shape index (κ3) is 2.10. The Labute approximate surface area is 95.6 Å².